The molecule has 1 aliphatic rings. The van der Waals surface area contributed by atoms with E-state index in [1.165, 1.54) is 11.3 Å². The van der Waals surface area contributed by atoms with Crippen molar-refractivity contribution in [3.05, 3.63) is 52.7 Å². The van der Waals surface area contributed by atoms with Gasteiger partial charge in [0.05, 0.1) is 5.02 Å². The van der Waals surface area contributed by atoms with E-state index in [2.05, 4.69) is 52.5 Å². The standard InChI is InChI=1S/C17H20ClN3/c1-12-7-8-13-5-3-4-6-16(13)21(12)17-9-14(10-19-2)15(18)11-20-17/h3-6,9,11-12,19H,7-8,10H2,1-2H3. The summed E-state index contributed by atoms with van der Waals surface area (Å²) in [5.74, 6) is 0.976. The lowest BCUT2D eigenvalue weighted by atomic mass is 9.96. The van der Waals surface area contributed by atoms with Gasteiger partial charge in [0.2, 0.25) is 0 Å². The maximum Gasteiger partial charge on any atom is 0.133 e. The summed E-state index contributed by atoms with van der Waals surface area (Å²) in [7, 11) is 1.93. The first-order valence-electron chi connectivity index (χ1n) is 7.37. The highest BCUT2D eigenvalue weighted by Crippen LogP contribution is 2.36. The lowest BCUT2D eigenvalue weighted by Gasteiger charge is -2.36. The highest BCUT2D eigenvalue weighted by atomic mass is 35.5. The molecule has 1 N–H and O–H groups in total. The summed E-state index contributed by atoms with van der Waals surface area (Å²) in [5, 5.41) is 3.87. The topological polar surface area (TPSA) is 28.2 Å². The number of pyridine rings is 1. The first kappa shape index (κ1) is 14.4. The maximum atomic E-state index is 6.23. The number of hydrogen-bond donors (Lipinski definition) is 1. The van der Waals surface area contributed by atoms with Crippen LogP contribution in [0.15, 0.2) is 36.5 Å². The molecule has 4 heteroatoms. The van der Waals surface area contributed by atoms with E-state index >= 15 is 0 Å². The Morgan fingerprint density at radius 2 is 2.19 bits per heavy atom. The molecule has 21 heavy (non-hydrogen) atoms. The van der Waals surface area contributed by atoms with Gasteiger partial charge in [-0.1, -0.05) is 29.8 Å². The van der Waals surface area contributed by atoms with Crippen molar-refractivity contribution in [1.29, 1.82) is 0 Å². The van der Waals surface area contributed by atoms with Crippen LogP contribution in [0.2, 0.25) is 5.02 Å². The first-order valence-corrected chi connectivity index (χ1v) is 7.74. The molecule has 2 aromatic rings. The number of nitrogens with zero attached hydrogens (tertiary/aromatic N) is 2. The molecule has 0 amide bonds. The molecule has 0 saturated carbocycles. The number of benzene rings is 1. The summed E-state index contributed by atoms with van der Waals surface area (Å²) < 4.78 is 0. The fourth-order valence-corrected chi connectivity index (χ4v) is 3.13. The molecule has 0 bridgehead atoms. The molecular weight excluding hydrogens is 282 g/mol. The van der Waals surface area contributed by atoms with E-state index in [1.807, 2.05) is 7.05 Å². The van der Waals surface area contributed by atoms with Gasteiger partial charge in [-0.15, -0.1) is 0 Å². The molecule has 1 aromatic heterocycles. The Labute approximate surface area is 131 Å². The Hall–Kier alpha value is -1.58. The lowest BCUT2D eigenvalue weighted by Crippen LogP contribution is -2.33. The quantitative estimate of drug-likeness (QED) is 0.931. The highest BCUT2D eigenvalue weighted by molar-refractivity contribution is 6.31. The number of hydrogen-bond acceptors (Lipinski definition) is 3. The van der Waals surface area contributed by atoms with Gasteiger partial charge in [0, 0.05) is 24.5 Å². The summed E-state index contributed by atoms with van der Waals surface area (Å²) in [6.07, 6.45) is 4.03. The number of para-hydroxylation sites is 1. The van der Waals surface area contributed by atoms with Crippen molar-refractivity contribution in [2.45, 2.75) is 32.4 Å². The SMILES string of the molecule is CNCc1cc(N2c3ccccc3CCC2C)ncc1Cl. The normalized spacial score (nSPS) is 17.7. The Balaban J connectivity index is 2.05. The van der Waals surface area contributed by atoms with Crippen LogP contribution in [-0.4, -0.2) is 18.1 Å². The van der Waals surface area contributed by atoms with Gasteiger partial charge >= 0.3 is 0 Å². The summed E-state index contributed by atoms with van der Waals surface area (Å²) >= 11 is 6.23. The predicted molar refractivity (Wildman–Crippen MR) is 88.4 cm³/mol. The minimum Gasteiger partial charge on any atom is -0.323 e. The van der Waals surface area contributed by atoms with Gasteiger partial charge in [-0.05, 0) is 50.1 Å². The summed E-state index contributed by atoms with van der Waals surface area (Å²) in [6, 6.07) is 11.1. The molecule has 3 rings (SSSR count). The van der Waals surface area contributed by atoms with E-state index < -0.39 is 0 Å². The minimum atomic E-state index is 0.441. The summed E-state index contributed by atoms with van der Waals surface area (Å²) in [5.41, 5.74) is 3.74. The van der Waals surface area contributed by atoms with Crippen LogP contribution in [0.4, 0.5) is 11.5 Å². The maximum absolute atomic E-state index is 6.23. The molecule has 0 saturated heterocycles. The van der Waals surface area contributed by atoms with Gasteiger partial charge in [0.1, 0.15) is 5.82 Å². The van der Waals surface area contributed by atoms with Gasteiger partial charge in [-0.25, -0.2) is 4.98 Å². The average Bonchev–Trinajstić information content (AvgIpc) is 2.50. The Morgan fingerprint density at radius 3 is 3.00 bits per heavy atom. The largest absolute Gasteiger partial charge is 0.323 e. The zero-order chi connectivity index (χ0) is 14.8. The van der Waals surface area contributed by atoms with Gasteiger partial charge in [0.25, 0.3) is 0 Å². The van der Waals surface area contributed by atoms with Crippen LogP contribution < -0.4 is 10.2 Å². The van der Waals surface area contributed by atoms with E-state index in [1.54, 1.807) is 6.20 Å². The van der Waals surface area contributed by atoms with Crippen LogP contribution >= 0.6 is 11.6 Å². The van der Waals surface area contributed by atoms with Gasteiger partial charge < -0.3 is 10.2 Å². The third-order valence-electron chi connectivity index (χ3n) is 4.06. The van der Waals surface area contributed by atoms with E-state index in [0.29, 0.717) is 11.1 Å². The van der Waals surface area contributed by atoms with Crippen molar-refractivity contribution in [3.8, 4) is 0 Å². The van der Waals surface area contributed by atoms with Crippen LogP contribution in [0.25, 0.3) is 0 Å². The average molecular weight is 302 g/mol. The number of fused-ring (bicyclic) bond motifs is 1. The fraction of sp³-hybridized carbons (Fsp3) is 0.353. The van der Waals surface area contributed by atoms with E-state index in [4.69, 9.17) is 11.6 Å². The third kappa shape index (κ3) is 2.76. The fourth-order valence-electron chi connectivity index (χ4n) is 2.96. The van der Waals surface area contributed by atoms with E-state index in [9.17, 15) is 0 Å². The van der Waals surface area contributed by atoms with Crippen LogP contribution in [0.5, 0.6) is 0 Å². The Bertz CT molecular complexity index is 642. The van der Waals surface area contributed by atoms with Crippen molar-refractivity contribution in [1.82, 2.24) is 10.3 Å². The Kier molecular flexibility index (Phi) is 4.13. The lowest BCUT2D eigenvalue weighted by molar-refractivity contribution is 0.613. The number of aryl methyl sites for hydroxylation is 1. The third-order valence-corrected chi connectivity index (χ3v) is 4.40. The molecule has 1 unspecified atom stereocenters. The molecule has 1 aliphatic heterocycles. The second-order valence-electron chi connectivity index (χ2n) is 5.55. The molecule has 0 fully saturated rings. The van der Waals surface area contributed by atoms with Crippen molar-refractivity contribution in [2.75, 3.05) is 11.9 Å². The van der Waals surface area contributed by atoms with Crippen LogP contribution in [0, 0.1) is 0 Å². The van der Waals surface area contributed by atoms with Crippen LogP contribution in [0.3, 0.4) is 0 Å². The van der Waals surface area contributed by atoms with Crippen molar-refractivity contribution >= 4 is 23.1 Å². The first-order chi connectivity index (χ1) is 10.2. The van der Waals surface area contributed by atoms with Gasteiger partial charge in [-0.2, -0.15) is 0 Å². The molecule has 0 spiro atoms. The summed E-state index contributed by atoms with van der Waals surface area (Å²) in [6.45, 7) is 3.00. The molecule has 1 atom stereocenters. The van der Waals surface area contributed by atoms with Crippen molar-refractivity contribution in [2.24, 2.45) is 0 Å². The highest BCUT2D eigenvalue weighted by Gasteiger charge is 2.25. The number of aromatic nitrogens is 1. The van der Waals surface area contributed by atoms with Gasteiger partial charge in [-0.3, -0.25) is 0 Å². The predicted octanol–water partition coefficient (Wildman–Crippen LogP) is 3.93. The molecular formula is C17H20ClN3. The molecule has 110 valence electrons. The summed E-state index contributed by atoms with van der Waals surface area (Å²) in [4.78, 5) is 6.89. The Morgan fingerprint density at radius 1 is 1.38 bits per heavy atom. The molecule has 0 aliphatic carbocycles. The van der Waals surface area contributed by atoms with Gasteiger partial charge in [0.15, 0.2) is 0 Å². The number of rotatable bonds is 3. The second-order valence-corrected chi connectivity index (χ2v) is 5.96. The zero-order valence-electron chi connectivity index (χ0n) is 12.4. The van der Waals surface area contributed by atoms with Crippen LogP contribution in [-0.2, 0) is 13.0 Å². The smallest absolute Gasteiger partial charge is 0.133 e. The number of nitrogens with one attached hydrogen (secondary N) is 1. The molecule has 3 nitrogen and oxygen atoms in total. The van der Waals surface area contributed by atoms with Crippen LogP contribution in [0.1, 0.15) is 24.5 Å². The van der Waals surface area contributed by atoms with Crippen molar-refractivity contribution in [3.63, 3.8) is 0 Å². The molecule has 0 radical (unpaired) electrons. The monoisotopic (exact) mass is 301 g/mol. The van der Waals surface area contributed by atoms with Crippen molar-refractivity contribution < 1.29 is 0 Å². The number of halogens is 1. The van der Waals surface area contributed by atoms with E-state index in [0.717, 1.165) is 30.8 Å². The number of anilines is 2. The minimum absolute atomic E-state index is 0.441. The second kappa shape index (κ2) is 6.04. The van der Waals surface area contributed by atoms with E-state index in [-0.39, 0.29) is 0 Å². The molecule has 2 heterocycles. The molecule has 1 aromatic carbocycles. The zero-order valence-corrected chi connectivity index (χ0v) is 13.2.